The van der Waals surface area contributed by atoms with Crippen LogP contribution in [0.5, 0.6) is 0 Å². The Balaban J connectivity index is 2.07. The Morgan fingerprint density at radius 3 is 2.60 bits per heavy atom. The summed E-state index contributed by atoms with van der Waals surface area (Å²) in [4.78, 5) is 6.48. The lowest BCUT2D eigenvalue weighted by molar-refractivity contribution is 0.181. The van der Waals surface area contributed by atoms with Crippen molar-refractivity contribution < 1.29 is 5.11 Å². The summed E-state index contributed by atoms with van der Waals surface area (Å²) in [6.07, 6.45) is 3.79. The second-order valence-corrected chi connectivity index (χ2v) is 5.31. The number of aliphatic hydroxyl groups excluding tert-OH is 1. The zero-order valence-electron chi connectivity index (χ0n) is 12.2. The first-order valence-electron chi connectivity index (χ1n) is 7.08. The van der Waals surface area contributed by atoms with E-state index in [2.05, 4.69) is 40.4 Å². The van der Waals surface area contributed by atoms with E-state index in [0.29, 0.717) is 12.6 Å². The molecule has 0 aliphatic carbocycles. The monoisotopic (exact) mass is 273 g/mol. The number of aliphatic hydroxyl groups is 1. The van der Waals surface area contributed by atoms with Gasteiger partial charge in [0.15, 0.2) is 0 Å². The molecule has 0 radical (unpaired) electrons. The SMILES string of the molecule is CC(C)n1cncc1CN(CCO)Cc1ccccc1. The Morgan fingerprint density at radius 2 is 1.95 bits per heavy atom. The molecule has 108 valence electrons. The van der Waals surface area contributed by atoms with Gasteiger partial charge in [0.1, 0.15) is 0 Å². The van der Waals surface area contributed by atoms with Gasteiger partial charge in [0.25, 0.3) is 0 Å². The first-order valence-corrected chi connectivity index (χ1v) is 7.08. The van der Waals surface area contributed by atoms with Crippen LogP contribution in [0.2, 0.25) is 0 Å². The summed E-state index contributed by atoms with van der Waals surface area (Å²) in [6.45, 7) is 6.77. The summed E-state index contributed by atoms with van der Waals surface area (Å²) < 4.78 is 2.18. The van der Waals surface area contributed by atoms with Crippen molar-refractivity contribution in [1.29, 1.82) is 0 Å². The quantitative estimate of drug-likeness (QED) is 0.842. The van der Waals surface area contributed by atoms with Crippen LogP contribution in [-0.4, -0.2) is 32.7 Å². The highest BCUT2D eigenvalue weighted by atomic mass is 16.3. The summed E-state index contributed by atoms with van der Waals surface area (Å²) in [5, 5.41) is 9.26. The predicted molar refractivity (Wildman–Crippen MR) is 80.3 cm³/mol. The zero-order valence-corrected chi connectivity index (χ0v) is 12.2. The van der Waals surface area contributed by atoms with Gasteiger partial charge in [-0.15, -0.1) is 0 Å². The van der Waals surface area contributed by atoms with Gasteiger partial charge in [-0.1, -0.05) is 30.3 Å². The highest BCUT2D eigenvalue weighted by molar-refractivity contribution is 5.14. The van der Waals surface area contributed by atoms with Crippen LogP contribution >= 0.6 is 0 Å². The van der Waals surface area contributed by atoms with E-state index in [1.54, 1.807) is 0 Å². The number of hydrogen-bond donors (Lipinski definition) is 1. The van der Waals surface area contributed by atoms with Crippen molar-refractivity contribution in [2.45, 2.75) is 33.0 Å². The number of aromatic nitrogens is 2. The smallest absolute Gasteiger partial charge is 0.0951 e. The maximum Gasteiger partial charge on any atom is 0.0951 e. The summed E-state index contributed by atoms with van der Waals surface area (Å²) in [5.41, 5.74) is 2.45. The minimum Gasteiger partial charge on any atom is -0.395 e. The van der Waals surface area contributed by atoms with E-state index in [1.165, 1.54) is 11.3 Å². The molecule has 1 N–H and O–H groups in total. The van der Waals surface area contributed by atoms with E-state index in [9.17, 15) is 5.11 Å². The molecule has 0 aliphatic heterocycles. The van der Waals surface area contributed by atoms with Gasteiger partial charge in [0.2, 0.25) is 0 Å². The fraction of sp³-hybridized carbons (Fsp3) is 0.438. The molecule has 1 heterocycles. The van der Waals surface area contributed by atoms with Crippen LogP contribution in [0.25, 0.3) is 0 Å². The number of nitrogens with zero attached hydrogens (tertiary/aromatic N) is 3. The lowest BCUT2D eigenvalue weighted by Gasteiger charge is -2.23. The molecule has 0 saturated carbocycles. The van der Waals surface area contributed by atoms with E-state index in [1.807, 2.05) is 30.7 Å². The summed E-state index contributed by atoms with van der Waals surface area (Å²) in [5.74, 6) is 0. The molecular weight excluding hydrogens is 250 g/mol. The van der Waals surface area contributed by atoms with Crippen molar-refractivity contribution >= 4 is 0 Å². The third-order valence-corrected chi connectivity index (χ3v) is 3.35. The predicted octanol–water partition coefficient (Wildman–Crippen LogP) is 2.46. The highest BCUT2D eigenvalue weighted by Crippen LogP contribution is 2.13. The standard InChI is InChI=1S/C16H23N3O/c1-14(2)19-13-17-10-16(19)12-18(8-9-20)11-15-6-4-3-5-7-15/h3-7,10,13-14,20H,8-9,11-12H2,1-2H3. The van der Waals surface area contributed by atoms with Crippen molar-refractivity contribution in [3.8, 4) is 0 Å². The molecule has 0 bridgehead atoms. The third-order valence-electron chi connectivity index (χ3n) is 3.35. The molecule has 0 saturated heterocycles. The Kier molecular flexibility index (Phi) is 5.32. The van der Waals surface area contributed by atoms with Gasteiger partial charge in [-0.2, -0.15) is 0 Å². The Hall–Kier alpha value is -1.65. The fourth-order valence-electron chi connectivity index (χ4n) is 2.35. The molecular formula is C16H23N3O. The minimum atomic E-state index is 0.169. The number of imidazole rings is 1. The van der Waals surface area contributed by atoms with E-state index in [4.69, 9.17) is 0 Å². The molecule has 1 aromatic carbocycles. The van der Waals surface area contributed by atoms with Crippen LogP contribution < -0.4 is 0 Å². The van der Waals surface area contributed by atoms with Gasteiger partial charge < -0.3 is 9.67 Å². The van der Waals surface area contributed by atoms with E-state index >= 15 is 0 Å². The highest BCUT2D eigenvalue weighted by Gasteiger charge is 2.11. The average Bonchev–Trinajstić information content (AvgIpc) is 2.88. The van der Waals surface area contributed by atoms with Gasteiger partial charge in [-0.25, -0.2) is 4.98 Å². The third kappa shape index (κ3) is 3.92. The lowest BCUT2D eigenvalue weighted by Crippen LogP contribution is -2.27. The molecule has 20 heavy (non-hydrogen) atoms. The zero-order chi connectivity index (χ0) is 14.4. The molecule has 4 nitrogen and oxygen atoms in total. The second-order valence-electron chi connectivity index (χ2n) is 5.31. The largest absolute Gasteiger partial charge is 0.395 e. The van der Waals surface area contributed by atoms with Gasteiger partial charge in [-0.3, -0.25) is 4.90 Å². The molecule has 0 amide bonds. The number of rotatable bonds is 7. The first-order chi connectivity index (χ1) is 9.70. The van der Waals surface area contributed by atoms with Crippen molar-refractivity contribution in [1.82, 2.24) is 14.5 Å². The first kappa shape index (κ1) is 14.8. The molecule has 0 unspecified atom stereocenters. The van der Waals surface area contributed by atoms with Crippen LogP contribution in [-0.2, 0) is 13.1 Å². The molecule has 1 aromatic heterocycles. The van der Waals surface area contributed by atoms with E-state index < -0.39 is 0 Å². The Morgan fingerprint density at radius 1 is 1.20 bits per heavy atom. The molecule has 0 atom stereocenters. The van der Waals surface area contributed by atoms with Crippen molar-refractivity contribution in [2.24, 2.45) is 0 Å². The molecule has 0 fully saturated rings. The minimum absolute atomic E-state index is 0.169. The van der Waals surface area contributed by atoms with Crippen LogP contribution in [0, 0.1) is 0 Å². The molecule has 2 aromatic rings. The molecule has 2 rings (SSSR count). The molecule has 0 aliphatic rings. The van der Waals surface area contributed by atoms with Gasteiger partial charge in [0.05, 0.1) is 18.6 Å². The Labute approximate surface area is 120 Å². The Bertz CT molecular complexity index is 507. The normalized spacial score (nSPS) is 11.4. The maximum absolute atomic E-state index is 9.26. The molecule has 0 spiro atoms. The summed E-state index contributed by atoms with van der Waals surface area (Å²) >= 11 is 0. The van der Waals surface area contributed by atoms with Gasteiger partial charge in [-0.05, 0) is 19.4 Å². The molecule has 4 heteroatoms. The second kappa shape index (κ2) is 7.22. The van der Waals surface area contributed by atoms with E-state index in [0.717, 1.165) is 13.1 Å². The summed E-state index contributed by atoms with van der Waals surface area (Å²) in [7, 11) is 0. The maximum atomic E-state index is 9.26. The van der Waals surface area contributed by atoms with Crippen molar-refractivity contribution in [3.63, 3.8) is 0 Å². The van der Waals surface area contributed by atoms with E-state index in [-0.39, 0.29) is 6.61 Å². The van der Waals surface area contributed by atoms with Gasteiger partial charge >= 0.3 is 0 Å². The van der Waals surface area contributed by atoms with Crippen LogP contribution in [0.3, 0.4) is 0 Å². The van der Waals surface area contributed by atoms with Crippen LogP contribution in [0.15, 0.2) is 42.9 Å². The average molecular weight is 273 g/mol. The number of hydrogen-bond acceptors (Lipinski definition) is 3. The topological polar surface area (TPSA) is 41.3 Å². The fourth-order valence-corrected chi connectivity index (χ4v) is 2.35. The lowest BCUT2D eigenvalue weighted by atomic mass is 10.2. The van der Waals surface area contributed by atoms with Crippen LogP contribution in [0.1, 0.15) is 31.1 Å². The number of benzene rings is 1. The van der Waals surface area contributed by atoms with Crippen LogP contribution in [0.4, 0.5) is 0 Å². The van der Waals surface area contributed by atoms with Crippen molar-refractivity contribution in [2.75, 3.05) is 13.2 Å². The van der Waals surface area contributed by atoms with Gasteiger partial charge in [0, 0.05) is 31.9 Å². The van der Waals surface area contributed by atoms with Crippen molar-refractivity contribution in [3.05, 3.63) is 54.1 Å². The summed E-state index contributed by atoms with van der Waals surface area (Å²) in [6, 6.07) is 10.7.